The number of aromatic nitrogens is 4. The summed E-state index contributed by atoms with van der Waals surface area (Å²) in [4.78, 5) is 20.8. The highest BCUT2D eigenvalue weighted by Crippen LogP contribution is 2.33. The van der Waals surface area contributed by atoms with Gasteiger partial charge in [0, 0.05) is 40.9 Å². The van der Waals surface area contributed by atoms with Crippen LogP contribution in [0.1, 0.15) is 35.6 Å². The Morgan fingerprint density at radius 3 is 2.97 bits per heavy atom. The second-order valence-corrected chi connectivity index (χ2v) is 8.18. The van der Waals surface area contributed by atoms with Crippen molar-refractivity contribution in [3.05, 3.63) is 75.8 Å². The smallest absolute Gasteiger partial charge is 0.339 e. The Kier molecular flexibility index (Phi) is 5.45. The van der Waals surface area contributed by atoms with Gasteiger partial charge in [-0.15, -0.1) is 0 Å². The lowest BCUT2D eigenvalue weighted by atomic mass is 10.0. The third-order valence-electron chi connectivity index (χ3n) is 5.97. The van der Waals surface area contributed by atoms with Gasteiger partial charge in [-0.3, -0.25) is 0 Å². The molecule has 0 saturated carbocycles. The molecule has 3 heterocycles. The lowest BCUT2D eigenvalue weighted by Crippen LogP contribution is -2.31. The van der Waals surface area contributed by atoms with E-state index in [-0.39, 0.29) is 11.7 Å². The van der Waals surface area contributed by atoms with Gasteiger partial charge in [-0.1, -0.05) is 6.07 Å². The average molecular weight is 431 g/mol. The fourth-order valence-electron chi connectivity index (χ4n) is 4.27. The van der Waals surface area contributed by atoms with Gasteiger partial charge in [0.05, 0.1) is 0 Å². The maximum absolute atomic E-state index is 12.4. The van der Waals surface area contributed by atoms with Crippen molar-refractivity contribution in [3.63, 3.8) is 0 Å². The minimum absolute atomic E-state index is 0.0842. The summed E-state index contributed by atoms with van der Waals surface area (Å²) in [7, 11) is 0. The molecule has 32 heavy (non-hydrogen) atoms. The molecule has 0 saturated heterocycles. The largest absolute Gasteiger partial charge is 0.492 e. The van der Waals surface area contributed by atoms with Gasteiger partial charge in [0.25, 0.3) is 0 Å². The fourth-order valence-corrected chi connectivity index (χ4v) is 4.27. The molecule has 0 amide bonds. The maximum atomic E-state index is 12.4. The summed E-state index contributed by atoms with van der Waals surface area (Å²) in [5.41, 5.74) is 4.29. The van der Waals surface area contributed by atoms with Crippen molar-refractivity contribution < 1.29 is 9.15 Å². The molecule has 1 atom stereocenters. The van der Waals surface area contributed by atoms with Crippen molar-refractivity contribution >= 4 is 11.0 Å². The van der Waals surface area contributed by atoms with Crippen LogP contribution in [-0.2, 0) is 19.4 Å². The Morgan fingerprint density at radius 2 is 2.12 bits per heavy atom. The molecule has 0 fully saturated rings. The molecule has 4 aromatic rings. The number of rotatable bonds is 7. The van der Waals surface area contributed by atoms with Gasteiger partial charge in [-0.2, -0.15) is 5.10 Å². The van der Waals surface area contributed by atoms with Gasteiger partial charge in [0.15, 0.2) is 5.82 Å². The molecule has 1 unspecified atom stereocenters. The zero-order chi connectivity index (χ0) is 22.1. The van der Waals surface area contributed by atoms with Crippen molar-refractivity contribution in [1.29, 1.82) is 0 Å². The van der Waals surface area contributed by atoms with E-state index in [1.165, 1.54) is 6.33 Å². The first kappa shape index (κ1) is 20.4. The van der Waals surface area contributed by atoms with Crippen LogP contribution in [0.4, 0.5) is 0 Å². The molecule has 1 aromatic carbocycles. The molecule has 8 heteroatoms. The van der Waals surface area contributed by atoms with Crippen LogP contribution in [0.25, 0.3) is 16.8 Å². The van der Waals surface area contributed by atoms with Crippen molar-refractivity contribution in [2.75, 3.05) is 6.61 Å². The summed E-state index contributed by atoms with van der Waals surface area (Å²) < 4.78 is 13.4. The summed E-state index contributed by atoms with van der Waals surface area (Å²) in [6.45, 7) is 5.10. The summed E-state index contributed by atoms with van der Waals surface area (Å²) in [5.74, 6) is 1.48. The molecule has 0 aliphatic heterocycles. The van der Waals surface area contributed by atoms with E-state index in [9.17, 15) is 4.79 Å². The van der Waals surface area contributed by atoms with Gasteiger partial charge >= 0.3 is 5.63 Å². The van der Waals surface area contributed by atoms with Crippen LogP contribution in [0.2, 0.25) is 0 Å². The summed E-state index contributed by atoms with van der Waals surface area (Å²) in [6, 6.07) is 8.00. The summed E-state index contributed by atoms with van der Waals surface area (Å²) in [5, 5.41) is 8.68. The van der Waals surface area contributed by atoms with Crippen molar-refractivity contribution in [3.8, 4) is 11.6 Å². The maximum Gasteiger partial charge on any atom is 0.339 e. The predicted octanol–water partition coefficient (Wildman–Crippen LogP) is 3.12. The molecule has 1 N–H and O–H groups in total. The SMILES string of the molecule is Cc1c(OCC(C)NCc2cccnc2-n2cncn2)ccc2c3c(c(=O)oc12)CCC3. The topological polar surface area (TPSA) is 95.1 Å². The first-order valence-corrected chi connectivity index (χ1v) is 10.8. The summed E-state index contributed by atoms with van der Waals surface area (Å²) in [6.07, 6.45) is 7.62. The number of hydrogen-bond acceptors (Lipinski definition) is 7. The van der Waals surface area contributed by atoms with E-state index >= 15 is 0 Å². The van der Waals surface area contributed by atoms with Crippen LogP contribution in [0.15, 0.2) is 52.3 Å². The second-order valence-electron chi connectivity index (χ2n) is 8.18. The minimum atomic E-state index is -0.208. The normalized spacial score (nSPS) is 13.9. The molecule has 164 valence electrons. The first-order valence-electron chi connectivity index (χ1n) is 10.8. The minimum Gasteiger partial charge on any atom is -0.492 e. The highest BCUT2D eigenvalue weighted by molar-refractivity contribution is 5.86. The van der Waals surface area contributed by atoms with E-state index in [2.05, 4.69) is 27.3 Å². The number of benzene rings is 1. The monoisotopic (exact) mass is 431 g/mol. The summed E-state index contributed by atoms with van der Waals surface area (Å²) >= 11 is 0. The fraction of sp³-hybridized carbons (Fsp3) is 0.333. The quantitative estimate of drug-likeness (QED) is 0.449. The number of nitrogens with zero attached hydrogens (tertiary/aromatic N) is 4. The van der Waals surface area contributed by atoms with Gasteiger partial charge < -0.3 is 14.5 Å². The molecular formula is C24H25N5O3. The van der Waals surface area contributed by atoms with Crippen LogP contribution in [0.3, 0.4) is 0 Å². The van der Waals surface area contributed by atoms with E-state index in [4.69, 9.17) is 9.15 Å². The number of pyridine rings is 1. The molecule has 8 nitrogen and oxygen atoms in total. The van der Waals surface area contributed by atoms with Crippen molar-refractivity contribution in [1.82, 2.24) is 25.1 Å². The molecule has 0 radical (unpaired) electrons. The third kappa shape index (κ3) is 3.78. The van der Waals surface area contributed by atoms with E-state index in [0.717, 1.165) is 58.5 Å². The van der Waals surface area contributed by atoms with Crippen LogP contribution < -0.4 is 15.7 Å². The van der Waals surface area contributed by atoms with Gasteiger partial charge in [0.1, 0.15) is 30.6 Å². The molecule has 0 bridgehead atoms. The molecule has 0 spiro atoms. The zero-order valence-corrected chi connectivity index (χ0v) is 18.2. The Labute approximate surface area is 185 Å². The Bertz CT molecular complexity index is 1310. The van der Waals surface area contributed by atoms with E-state index in [1.54, 1.807) is 17.2 Å². The standard InChI is InChI=1S/C24H25N5O3/c1-15(27-11-17-5-4-10-26-23(17)29-14-25-13-28-29)12-31-21-9-8-19-18-6-3-7-20(18)24(30)32-22(19)16(21)2/h4-5,8-10,13-15,27H,3,6-7,11-12H2,1-2H3. The van der Waals surface area contributed by atoms with Crippen molar-refractivity contribution in [2.45, 2.75) is 45.7 Å². The molecule has 1 aliphatic rings. The number of nitrogens with one attached hydrogen (secondary N) is 1. The van der Waals surface area contributed by atoms with Crippen LogP contribution in [0, 0.1) is 6.92 Å². The third-order valence-corrected chi connectivity index (χ3v) is 5.97. The van der Waals surface area contributed by atoms with Crippen molar-refractivity contribution in [2.24, 2.45) is 0 Å². The van der Waals surface area contributed by atoms with Gasteiger partial charge in [0.2, 0.25) is 0 Å². The lowest BCUT2D eigenvalue weighted by Gasteiger charge is -2.18. The Balaban J connectivity index is 1.27. The van der Waals surface area contributed by atoms with E-state index in [0.29, 0.717) is 18.7 Å². The van der Waals surface area contributed by atoms with E-state index in [1.807, 2.05) is 31.2 Å². The highest BCUT2D eigenvalue weighted by atomic mass is 16.5. The molecule has 5 rings (SSSR count). The lowest BCUT2D eigenvalue weighted by molar-refractivity contribution is 0.271. The number of ether oxygens (including phenoxy) is 1. The zero-order valence-electron chi connectivity index (χ0n) is 18.2. The molecule has 1 aliphatic carbocycles. The number of hydrogen-bond donors (Lipinski definition) is 1. The first-order chi connectivity index (χ1) is 15.6. The predicted molar refractivity (Wildman–Crippen MR) is 120 cm³/mol. The second kappa shape index (κ2) is 8.55. The van der Waals surface area contributed by atoms with Gasteiger partial charge in [-0.25, -0.2) is 19.4 Å². The van der Waals surface area contributed by atoms with Crippen LogP contribution >= 0.6 is 0 Å². The van der Waals surface area contributed by atoms with Crippen LogP contribution in [0.5, 0.6) is 5.75 Å². The van der Waals surface area contributed by atoms with Gasteiger partial charge in [-0.05, 0) is 56.9 Å². The van der Waals surface area contributed by atoms with Crippen LogP contribution in [-0.4, -0.2) is 32.4 Å². The highest BCUT2D eigenvalue weighted by Gasteiger charge is 2.21. The number of aryl methyl sites for hydroxylation is 2. The molecular weight excluding hydrogens is 406 g/mol. The van der Waals surface area contributed by atoms with E-state index < -0.39 is 0 Å². The number of fused-ring (bicyclic) bond motifs is 3. The molecule has 3 aromatic heterocycles. The Hall–Kier alpha value is -3.52. The average Bonchev–Trinajstić information content (AvgIpc) is 3.51. The Morgan fingerprint density at radius 1 is 1.25 bits per heavy atom.